The summed E-state index contributed by atoms with van der Waals surface area (Å²) in [7, 11) is 0. The minimum absolute atomic E-state index is 0.317. The highest BCUT2D eigenvalue weighted by Crippen LogP contribution is 2.44. The van der Waals surface area contributed by atoms with Gasteiger partial charge < -0.3 is 0 Å². The van der Waals surface area contributed by atoms with Crippen molar-refractivity contribution in [1.29, 1.82) is 0 Å². The van der Waals surface area contributed by atoms with Gasteiger partial charge in [-0.3, -0.25) is 4.79 Å². The van der Waals surface area contributed by atoms with Crippen molar-refractivity contribution in [3.05, 3.63) is 21.9 Å². The highest BCUT2D eigenvalue weighted by molar-refractivity contribution is 7.10. The maximum atomic E-state index is 11.3. The Morgan fingerprint density at radius 1 is 1.62 bits per heavy atom. The first-order chi connectivity index (χ1) is 6.24. The number of ketones is 1. The zero-order valence-electron chi connectivity index (χ0n) is 8.04. The van der Waals surface area contributed by atoms with Gasteiger partial charge in [0.1, 0.15) is 5.78 Å². The normalized spacial score (nSPS) is 27.4. The maximum absolute atomic E-state index is 11.3. The summed E-state index contributed by atoms with van der Waals surface area (Å²) >= 11 is 1.80. The lowest BCUT2D eigenvalue weighted by Gasteiger charge is -2.34. The molecular formula is C11H14OS. The van der Waals surface area contributed by atoms with Crippen LogP contribution in [0.1, 0.15) is 36.1 Å². The molecule has 1 fully saturated rings. The molecule has 1 aliphatic carbocycles. The molecular weight excluding hydrogens is 180 g/mol. The number of Topliss-reactive ketones (excluding diaryl/α,β-unsaturated/α-hetero) is 1. The second-order valence-corrected chi connectivity index (χ2v) is 4.71. The zero-order chi connectivity index (χ0) is 9.42. The summed E-state index contributed by atoms with van der Waals surface area (Å²) in [6.45, 7) is 4.25. The van der Waals surface area contributed by atoms with E-state index in [4.69, 9.17) is 0 Å². The molecule has 1 aromatic heterocycles. The number of thiophene rings is 1. The maximum Gasteiger partial charge on any atom is 0.137 e. The van der Waals surface area contributed by atoms with Gasteiger partial charge in [0.2, 0.25) is 0 Å². The number of rotatable bonds is 2. The Balaban J connectivity index is 2.20. The van der Waals surface area contributed by atoms with Crippen LogP contribution in [0.2, 0.25) is 0 Å². The monoisotopic (exact) mass is 194 g/mol. The van der Waals surface area contributed by atoms with Crippen LogP contribution in [-0.2, 0) is 4.79 Å². The summed E-state index contributed by atoms with van der Waals surface area (Å²) in [6.07, 6.45) is 1.78. The number of hydrogen-bond donors (Lipinski definition) is 0. The van der Waals surface area contributed by atoms with Gasteiger partial charge in [0.25, 0.3) is 0 Å². The highest BCUT2D eigenvalue weighted by atomic mass is 32.1. The molecule has 2 rings (SSSR count). The summed E-state index contributed by atoms with van der Waals surface area (Å²) in [5.74, 6) is 1.31. The van der Waals surface area contributed by atoms with Crippen LogP contribution in [0.5, 0.6) is 0 Å². The fourth-order valence-corrected chi connectivity index (χ4v) is 3.22. The van der Waals surface area contributed by atoms with Gasteiger partial charge in [-0.1, -0.05) is 6.92 Å². The van der Waals surface area contributed by atoms with Crippen LogP contribution in [0.3, 0.4) is 0 Å². The van der Waals surface area contributed by atoms with E-state index in [-0.39, 0.29) is 0 Å². The third-order valence-corrected chi connectivity index (χ3v) is 4.15. The van der Waals surface area contributed by atoms with Gasteiger partial charge in [-0.05, 0) is 30.4 Å². The number of carbonyl (C=O) groups excluding carboxylic acids is 1. The van der Waals surface area contributed by atoms with E-state index < -0.39 is 0 Å². The molecule has 2 atom stereocenters. The average Bonchev–Trinajstić information content (AvgIpc) is 2.48. The van der Waals surface area contributed by atoms with E-state index in [1.807, 2.05) is 0 Å². The Hall–Kier alpha value is -0.630. The van der Waals surface area contributed by atoms with Crippen molar-refractivity contribution in [2.75, 3.05) is 0 Å². The van der Waals surface area contributed by atoms with E-state index >= 15 is 0 Å². The van der Waals surface area contributed by atoms with Crippen molar-refractivity contribution in [3.8, 4) is 0 Å². The molecule has 13 heavy (non-hydrogen) atoms. The molecule has 70 valence electrons. The molecule has 2 unspecified atom stereocenters. The van der Waals surface area contributed by atoms with Gasteiger partial charge in [-0.2, -0.15) is 0 Å². The van der Waals surface area contributed by atoms with Crippen molar-refractivity contribution < 1.29 is 4.79 Å². The minimum Gasteiger partial charge on any atom is -0.299 e. The quantitative estimate of drug-likeness (QED) is 0.707. The Morgan fingerprint density at radius 2 is 2.38 bits per heavy atom. The van der Waals surface area contributed by atoms with E-state index in [9.17, 15) is 4.79 Å². The summed E-state index contributed by atoms with van der Waals surface area (Å²) in [4.78, 5) is 12.7. The summed E-state index contributed by atoms with van der Waals surface area (Å²) in [5.41, 5.74) is 1.36. The van der Waals surface area contributed by atoms with Gasteiger partial charge in [0, 0.05) is 23.1 Å². The molecule has 0 saturated heterocycles. The predicted octanol–water partition coefficient (Wildman–Crippen LogP) is 3.14. The lowest BCUT2D eigenvalue weighted by Crippen LogP contribution is -2.34. The molecule has 0 N–H and O–H groups in total. The topological polar surface area (TPSA) is 17.1 Å². The number of carbonyl (C=O) groups is 1. The van der Waals surface area contributed by atoms with Crippen LogP contribution >= 0.6 is 11.3 Å². The molecule has 0 aliphatic heterocycles. The number of hydrogen-bond acceptors (Lipinski definition) is 2. The third-order valence-electron chi connectivity index (χ3n) is 3.00. The Bertz CT molecular complexity index is 327. The molecule has 1 aromatic rings. The minimum atomic E-state index is 0.317. The van der Waals surface area contributed by atoms with E-state index in [1.165, 1.54) is 10.4 Å². The van der Waals surface area contributed by atoms with Gasteiger partial charge in [-0.15, -0.1) is 11.3 Å². The molecule has 0 aromatic carbocycles. The van der Waals surface area contributed by atoms with Crippen LogP contribution < -0.4 is 0 Å². The van der Waals surface area contributed by atoms with Gasteiger partial charge in [0.05, 0.1) is 0 Å². The molecule has 0 bridgehead atoms. The summed E-state index contributed by atoms with van der Waals surface area (Å²) < 4.78 is 0. The standard InChI is InChI=1S/C11H14OS/c1-3-8-9(6-10(8)12)11-7(2)4-5-13-11/h4-5,8-9H,3,6H2,1-2H3. The zero-order valence-corrected chi connectivity index (χ0v) is 8.86. The van der Waals surface area contributed by atoms with E-state index in [0.717, 1.165) is 12.8 Å². The van der Waals surface area contributed by atoms with Gasteiger partial charge in [0.15, 0.2) is 0 Å². The largest absolute Gasteiger partial charge is 0.299 e. The first-order valence-corrected chi connectivity index (χ1v) is 5.68. The van der Waals surface area contributed by atoms with Crippen molar-refractivity contribution in [3.63, 3.8) is 0 Å². The van der Waals surface area contributed by atoms with Crippen LogP contribution in [0.15, 0.2) is 11.4 Å². The Labute approximate surface area is 82.8 Å². The molecule has 1 aliphatic rings. The molecule has 1 nitrogen and oxygen atoms in total. The van der Waals surface area contributed by atoms with Gasteiger partial charge >= 0.3 is 0 Å². The first-order valence-electron chi connectivity index (χ1n) is 4.80. The fraction of sp³-hybridized carbons (Fsp3) is 0.545. The van der Waals surface area contributed by atoms with E-state index in [1.54, 1.807) is 11.3 Å². The molecule has 1 heterocycles. The van der Waals surface area contributed by atoms with Crippen LogP contribution in [0.25, 0.3) is 0 Å². The molecule has 0 amide bonds. The van der Waals surface area contributed by atoms with Gasteiger partial charge in [-0.25, -0.2) is 0 Å². The van der Waals surface area contributed by atoms with Crippen LogP contribution in [-0.4, -0.2) is 5.78 Å². The highest BCUT2D eigenvalue weighted by Gasteiger charge is 2.40. The molecule has 0 spiro atoms. The second-order valence-electron chi connectivity index (χ2n) is 3.76. The summed E-state index contributed by atoms with van der Waals surface area (Å²) in [6, 6.07) is 2.15. The lowest BCUT2D eigenvalue weighted by molar-refractivity contribution is -0.130. The first kappa shape index (κ1) is 8.95. The third kappa shape index (κ3) is 1.33. The molecule has 1 saturated carbocycles. The van der Waals surface area contributed by atoms with E-state index in [0.29, 0.717) is 17.6 Å². The fourth-order valence-electron chi connectivity index (χ4n) is 2.13. The molecule has 2 heteroatoms. The SMILES string of the molecule is CCC1C(=O)CC1c1sccc1C. The van der Waals surface area contributed by atoms with Crippen molar-refractivity contribution in [2.24, 2.45) is 5.92 Å². The second kappa shape index (κ2) is 3.26. The van der Waals surface area contributed by atoms with E-state index in [2.05, 4.69) is 25.3 Å². The average molecular weight is 194 g/mol. The Morgan fingerprint density at radius 3 is 2.85 bits per heavy atom. The van der Waals surface area contributed by atoms with Crippen molar-refractivity contribution in [1.82, 2.24) is 0 Å². The predicted molar refractivity (Wildman–Crippen MR) is 55.2 cm³/mol. The van der Waals surface area contributed by atoms with Crippen LogP contribution in [0.4, 0.5) is 0 Å². The van der Waals surface area contributed by atoms with Crippen molar-refractivity contribution in [2.45, 2.75) is 32.6 Å². The smallest absolute Gasteiger partial charge is 0.137 e. The number of aryl methyl sites for hydroxylation is 1. The van der Waals surface area contributed by atoms with Crippen molar-refractivity contribution >= 4 is 17.1 Å². The Kier molecular flexibility index (Phi) is 2.24. The molecule has 0 radical (unpaired) electrons. The lowest BCUT2D eigenvalue weighted by atomic mass is 9.70. The van der Waals surface area contributed by atoms with Crippen LogP contribution in [0, 0.1) is 12.8 Å². The summed E-state index contributed by atoms with van der Waals surface area (Å²) in [5, 5.41) is 2.13.